The Bertz CT molecular complexity index is 1090. The topological polar surface area (TPSA) is 55.4 Å². The van der Waals surface area contributed by atoms with Crippen molar-refractivity contribution in [3.8, 4) is 5.75 Å². The normalized spacial score (nSPS) is 11.3. The second-order valence-electron chi connectivity index (χ2n) is 7.29. The number of nitrogens with one attached hydrogen (secondary N) is 1. The van der Waals surface area contributed by atoms with E-state index in [1.54, 1.807) is 7.11 Å². The van der Waals surface area contributed by atoms with E-state index >= 15 is 0 Å². The number of fused-ring (bicyclic) bond motifs is 1. The Balaban J connectivity index is 0.00000166. The van der Waals surface area contributed by atoms with Gasteiger partial charge in [-0.05, 0) is 66.4 Å². The van der Waals surface area contributed by atoms with Crippen LogP contribution in [-0.4, -0.2) is 18.8 Å². The van der Waals surface area contributed by atoms with E-state index in [1.807, 2.05) is 52.0 Å². The Kier molecular flexibility index (Phi) is 8.31. The van der Waals surface area contributed by atoms with Crippen LogP contribution in [0.3, 0.4) is 0 Å². The third-order valence-corrected chi connectivity index (χ3v) is 5.13. The van der Waals surface area contributed by atoms with E-state index in [9.17, 15) is 14.0 Å². The third kappa shape index (κ3) is 5.69. The van der Waals surface area contributed by atoms with Gasteiger partial charge in [0.15, 0.2) is 5.78 Å². The van der Waals surface area contributed by atoms with Crippen LogP contribution in [0.5, 0.6) is 5.75 Å². The van der Waals surface area contributed by atoms with Gasteiger partial charge in [0.1, 0.15) is 11.6 Å². The average Bonchev–Trinajstić information content (AvgIpc) is 2.76. The summed E-state index contributed by atoms with van der Waals surface area (Å²) in [4.78, 5) is 24.4. The van der Waals surface area contributed by atoms with Gasteiger partial charge in [0.25, 0.3) is 0 Å². The van der Waals surface area contributed by atoms with Crippen molar-refractivity contribution in [1.82, 2.24) is 0 Å². The van der Waals surface area contributed by atoms with Crippen molar-refractivity contribution < 1.29 is 18.7 Å². The minimum atomic E-state index is -0.510. The van der Waals surface area contributed by atoms with Crippen molar-refractivity contribution in [3.05, 3.63) is 71.0 Å². The van der Waals surface area contributed by atoms with E-state index < -0.39 is 5.82 Å². The number of ketones is 1. The molecule has 0 radical (unpaired) electrons. The molecule has 3 rings (SSSR count). The standard InChI is InChI=1S/C24H24FNO3.C2H6/c1-14(24(28)26-22-9-7-19(25)13-21(22)16(3)27)11-17-5-8-20-15(2)23(29-4)10-6-18(20)12-17;1-2/h5-10,12-14H,11H2,1-4H3,(H,26,28);1-2H3. The number of rotatable bonds is 6. The number of Topliss-reactive ketones (excluding diaryl/α,β-unsaturated/α-hetero) is 1. The van der Waals surface area contributed by atoms with Crippen LogP contribution in [0, 0.1) is 18.7 Å². The average molecular weight is 424 g/mol. The van der Waals surface area contributed by atoms with Crippen molar-refractivity contribution >= 4 is 28.2 Å². The largest absolute Gasteiger partial charge is 0.496 e. The molecule has 4 nitrogen and oxygen atoms in total. The second-order valence-corrected chi connectivity index (χ2v) is 7.29. The summed E-state index contributed by atoms with van der Waals surface area (Å²) in [6.45, 7) is 9.20. The van der Waals surface area contributed by atoms with Gasteiger partial charge in [-0.1, -0.05) is 45.0 Å². The van der Waals surface area contributed by atoms with Crippen molar-refractivity contribution in [3.63, 3.8) is 0 Å². The number of ether oxygens (including phenoxy) is 1. The van der Waals surface area contributed by atoms with E-state index in [1.165, 1.54) is 19.1 Å². The van der Waals surface area contributed by atoms with Crippen LogP contribution < -0.4 is 10.1 Å². The lowest BCUT2D eigenvalue weighted by Gasteiger charge is -2.15. The van der Waals surface area contributed by atoms with Crippen LogP contribution in [0.25, 0.3) is 10.8 Å². The van der Waals surface area contributed by atoms with E-state index in [0.29, 0.717) is 12.1 Å². The smallest absolute Gasteiger partial charge is 0.227 e. The molecule has 1 unspecified atom stereocenters. The van der Waals surface area contributed by atoms with E-state index in [-0.39, 0.29) is 23.2 Å². The minimum absolute atomic E-state index is 0.167. The molecule has 0 fully saturated rings. The highest BCUT2D eigenvalue weighted by Gasteiger charge is 2.17. The van der Waals surface area contributed by atoms with Gasteiger partial charge in [0.05, 0.1) is 12.8 Å². The Morgan fingerprint density at radius 2 is 1.77 bits per heavy atom. The van der Waals surface area contributed by atoms with Gasteiger partial charge in [-0.3, -0.25) is 9.59 Å². The lowest BCUT2D eigenvalue weighted by atomic mass is 9.96. The Hall–Kier alpha value is -3.21. The Morgan fingerprint density at radius 3 is 2.42 bits per heavy atom. The number of aryl methyl sites for hydroxylation is 1. The molecule has 0 spiro atoms. The molecule has 3 aromatic carbocycles. The zero-order chi connectivity index (χ0) is 23.1. The molecule has 0 aliphatic rings. The zero-order valence-electron chi connectivity index (χ0n) is 19.0. The molecule has 0 saturated carbocycles. The summed E-state index contributed by atoms with van der Waals surface area (Å²) in [6.07, 6.45) is 0.545. The number of hydrogen-bond donors (Lipinski definition) is 1. The van der Waals surface area contributed by atoms with Gasteiger partial charge in [-0.15, -0.1) is 0 Å². The first-order valence-corrected chi connectivity index (χ1v) is 10.5. The van der Waals surface area contributed by atoms with Crippen molar-refractivity contribution in [1.29, 1.82) is 0 Å². The number of anilines is 1. The fourth-order valence-corrected chi connectivity index (χ4v) is 3.48. The van der Waals surface area contributed by atoms with Crippen molar-refractivity contribution in [2.24, 2.45) is 5.92 Å². The molecule has 1 N–H and O–H groups in total. The minimum Gasteiger partial charge on any atom is -0.496 e. The molecular formula is C26H30FNO3. The SMILES string of the molecule is CC.COc1ccc2cc(CC(C)C(=O)Nc3ccc(F)cc3C(C)=O)ccc2c1C. The van der Waals surface area contributed by atoms with Crippen molar-refractivity contribution in [2.75, 3.05) is 12.4 Å². The second kappa shape index (κ2) is 10.7. The molecule has 1 atom stereocenters. The van der Waals surface area contributed by atoms with Gasteiger partial charge in [-0.25, -0.2) is 4.39 Å². The summed E-state index contributed by atoms with van der Waals surface area (Å²) in [7, 11) is 1.65. The zero-order valence-corrected chi connectivity index (χ0v) is 19.0. The summed E-state index contributed by atoms with van der Waals surface area (Å²) < 4.78 is 18.8. The highest BCUT2D eigenvalue weighted by atomic mass is 19.1. The molecule has 3 aromatic rings. The summed E-state index contributed by atoms with van der Waals surface area (Å²) in [5.74, 6) is -0.502. The number of benzene rings is 3. The van der Waals surface area contributed by atoms with Gasteiger partial charge in [0, 0.05) is 11.5 Å². The third-order valence-electron chi connectivity index (χ3n) is 5.13. The Morgan fingerprint density at radius 1 is 1.06 bits per heavy atom. The maximum absolute atomic E-state index is 13.4. The van der Waals surface area contributed by atoms with Gasteiger partial charge < -0.3 is 10.1 Å². The number of carbonyl (C=O) groups is 2. The van der Waals surface area contributed by atoms with E-state index in [0.717, 1.165) is 33.7 Å². The predicted octanol–water partition coefficient (Wildman–Crippen LogP) is 6.34. The van der Waals surface area contributed by atoms with Crippen LogP contribution in [-0.2, 0) is 11.2 Å². The molecule has 0 aliphatic carbocycles. The lowest BCUT2D eigenvalue weighted by molar-refractivity contribution is -0.119. The number of methoxy groups -OCH3 is 1. The molecule has 5 heteroatoms. The molecule has 0 aromatic heterocycles. The summed E-state index contributed by atoms with van der Waals surface area (Å²) in [5, 5.41) is 4.96. The highest BCUT2D eigenvalue weighted by molar-refractivity contribution is 6.04. The summed E-state index contributed by atoms with van der Waals surface area (Å²) >= 11 is 0. The highest BCUT2D eigenvalue weighted by Crippen LogP contribution is 2.28. The summed E-state index contributed by atoms with van der Waals surface area (Å²) in [6, 6.07) is 13.9. The molecular weight excluding hydrogens is 393 g/mol. The first kappa shape index (κ1) is 24.1. The number of hydrogen-bond acceptors (Lipinski definition) is 3. The number of amides is 1. The fraction of sp³-hybridized carbons (Fsp3) is 0.308. The molecule has 1 amide bonds. The summed E-state index contributed by atoms with van der Waals surface area (Å²) in [5.41, 5.74) is 2.61. The number of halogens is 1. The Labute approximate surface area is 183 Å². The maximum Gasteiger partial charge on any atom is 0.227 e. The van der Waals surface area contributed by atoms with Crippen LogP contribution in [0.2, 0.25) is 0 Å². The van der Waals surface area contributed by atoms with Crippen LogP contribution >= 0.6 is 0 Å². The van der Waals surface area contributed by atoms with Gasteiger partial charge >= 0.3 is 0 Å². The predicted molar refractivity (Wildman–Crippen MR) is 124 cm³/mol. The van der Waals surface area contributed by atoms with Crippen LogP contribution in [0.1, 0.15) is 49.2 Å². The van der Waals surface area contributed by atoms with E-state index in [2.05, 4.69) is 11.4 Å². The first-order valence-electron chi connectivity index (χ1n) is 10.5. The molecule has 0 aliphatic heterocycles. The fourth-order valence-electron chi connectivity index (χ4n) is 3.48. The maximum atomic E-state index is 13.4. The van der Waals surface area contributed by atoms with Crippen molar-refractivity contribution in [2.45, 2.75) is 41.0 Å². The van der Waals surface area contributed by atoms with Crippen LogP contribution in [0.15, 0.2) is 48.5 Å². The number of carbonyl (C=O) groups excluding carboxylic acids is 2. The van der Waals surface area contributed by atoms with Gasteiger partial charge in [-0.2, -0.15) is 0 Å². The monoisotopic (exact) mass is 423 g/mol. The molecule has 0 saturated heterocycles. The van der Waals surface area contributed by atoms with E-state index in [4.69, 9.17) is 4.74 Å². The first-order chi connectivity index (χ1) is 14.8. The molecule has 0 heterocycles. The van der Waals surface area contributed by atoms with Crippen LogP contribution in [0.4, 0.5) is 10.1 Å². The quantitative estimate of drug-likeness (QED) is 0.471. The van der Waals surface area contributed by atoms with Gasteiger partial charge in [0.2, 0.25) is 5.91 Å². The molecule has 0 bridgehead atoms. The molecule has 31 heavy (non-hydrogen) atoms. The lowest BCUT2D eigenvalue weighted by Crippen LogP contribution is -2.23. The molecule has 164 valence electrons.